The molecule has 0 heterocycles. The molecule has 0 amide bonds. The summed E-state index contributed by atoms with van der Waals surface area (Å²) in [5.41, 5.74) is 4.46. The van der Waals surface area contributed by atoms with Crippen molar-refractivity contribution in [3.63, 3.8) is 0 Å². The van der Waals surface area contributed by atoms with Crippen LogP contribution in [-0.2, 0) is 4.79 Å². The third kappa shape index (κ3) is 1.77. The highest BCUT2D eigenvalue weighted by Gasteiger charge is 2.38. The van der Waals surface area contributed by atoms with Crippen molar-refractivity contribution in [3.8, 4) is 0 Å². The lowest BCUT2D eigenvalue weighted by atomic mass is 9.72. The zero-order valence-electron chi connectivity index (χ0n) is 10.9. The van der Waals surface area contributed by atoms with E-state index in [0.717, 1.165) is 18.4 Å². The van der Waals surface area contributed by atoms with Crippen molar-refractivity contribution in [1.29, 1.82) is 0 Å². The zero-order valence-corrected chi connectivity index (χ0v) is 10.9. The van der Waals surface area contributed by atoms with Gasteiger partial charge in [-0.2, -0.15) is 0 Å². The minimum atomic E-state index is 0.254. The maximum atomic E-state index is 11.5. The highest BCUT2D eigenvalue weighted by Crippen LogP contribution is 2.51. The Morgan fingerprint density at radius 1 is 1.31 bits per heavy atom. The number of hydrogen-bond donors (Lipinski definition) is 0. The van der Waals surface area contributed by atoms with Gasteiger partial charge in [0.25, 0.3) is 0 Å². The summed E-state index contributed by atoms with van der Waals surface area (Å²) >= 11 is 0. The van der Waals surface area contributed by atoms with Crippen LogP contribution in [0.1, 0.15) is 53.4 Å². The van der Waals surface area contributed by atoms with Crippen LogP contribution in [0.3, 0.4) is 0 Å². The number of fused-ring (bicyclic) bond motifs is 1. The number of Topliss-reactive ketones (excluding diaryl/α,β-unsaturated/α-hetero) is 1. The van der Waals surface area contributed by atoms with Gasteiger partial charge in [0.1, 0.15) is 0 Å². The van der Waals surface area contributed by atoms with E-state index in [4.69, 9.17) is 0 Å². The summed E-state index contributed by atoms with van der Waals surface area (Å²) in [5.74, 6) is 0.879. The molecule has 0 bridgehead atoms. The lowest BCUT2D eigenvalue weighted by Crippen LogP contribution is -2.20. The molecule has 0 aromatic heterocycles. The van der Waals surface area contributed by atoms with E-state index in [9.17, 15) is 4.79 Å². The maximum Gasteiger partial charge on any atom is 0.155 e. The first-order valence-corrected chi connectivity index (χ1v) is 6.39. The molecule has 2 aliphatic rings. The fourth-order valence-electron chi connectivity index (χ4n) is 3.13. The molecule has 1 atom stereocenters. The van der Waals surface area contributed by atoms with Crippen molar-refractivity contribution < 1.29 is 4.79 Å². The van der Waals surface area contributed by atoms with Crippen LogP contribution in [0.5, 0.6) is 0 Å². The minimum absolute atomic E-state index is 0.254. The molecule has 0 fully saturated rings. The van der Waals surface area contributed by atoms with E-state index in [0.29, 0.717) is 11.3 Å². The molecule has 0 aliphatic heterocycles. The second-order valence-electron chi connectivity index (χ2n) is 5.88. The number of carbonyl (C=O) groups excluding carboxylic acids is 1. The van der Waals surface area contributed by atoms with Crippen LogP contribution in [0, 0.1) is 11.3 Å². The van der Waals surface area contributed by atoms with Crippen molar-refractivity contribution in [1.82, 2.24) is 0 Å². The van der Waals surface area contributed by atoms with Gasteiger partial charge in [0.2, 0.25) is 0 Å². The summed E-state index contributed by atoms with van der Waals surface area (Å²) < 4.78 is 0. The van der Waals surface area contributed by atoms with E-state index in [1.165, 1.54) is 18.4 Å². The molecule has 0 aromatic rings. The van der Waals surface area contributed by atoms with Gasteiger partial charge in [0.05, 0.1) is 0 Å². The zero-order chi connectivity index (χ0) is 11.9. The van der Waals surface area contributed by atoms with Crippen LogP contribution >= 0.6 is 0 Å². The maximum absolute atomic E-state index is 11.5. The fraction of sp³-hybridized carbons (Fsp3) is 0.667. The van der Waals surface area contributed by atoms with E-state index in [1.54, 1.807) is 12.5 Å². The normalized spacial score (nSPS) is 29.4. The second kappa shape index (κ2) is 3.87. The molecule has 0 unspecified atom stereocenters. The summed E-state index contributed by atoms with van der Waals surface area (Å²) in [6.07, 6.45) is 6.83. The van der Waals surface area contributed by atoms with Crippen molar-refractivity contribution >= 4 is 5.78 Å². The molecule has 2 aliphatic carbocycles. The van der Waals surface area contributed by atoms with E-state index in [2.05, 4.69) is 26.8 Å². The van der Waals surface area contributed by atoms with Gasteiger partial charge in [-0.1, -0.05) is 32.4 Å². The molecule has 1 heteroatoms. The molecule has 2 rings (SSSR count). The number of hydrogen-bond acceptors (Lipinski definition) is 1. The average Bonchev–Trinajstić information content (AvgIpc) is 2.53. The van der Waals surface area contributed by atoms with Gasteiger partial charge in [-0.15, -0.1) is 0 Å². The van der Waals surface area contributed by atoms with Crippen molar-refractivity contribution in [2.24, 2.45) is 11.3 Å². The fourth-order valence-corrected chi connectivity index (χ4v) is 3.13. The number of carbonyl (C=O) groups is 1. The first-order valence-electron chi connectivity index (χ1n) is 6.39. The standard InChI is InChI=1S/C15H22O/c1-10(2)13-6-8-15(4)7-5-12(11(3)16)9-14(13)15/h9-10H,5-8H2,1-4H3/t15-/m0/s1. The quantitative estimate of drug-likeness (QED) is 0.683. The van der Waals surface area contributed by atoms with Gasteiger partial charge < -0.3 is 0 Å². The third-order valence-corrected chi connectivity index (χ3v) is 4.36. The molecule has 16 heavy (non-hydrogen) atoms. The van der Waals surface area contributed by atoms with Crippen LogP contribution < -0.4 is 0 Å². The number of allylic oxidation sites excluding steroid dienone is 4. The molecule has 0 saturated carbocycles. The van der Waals surface area contributed by atoms with Gasteiger partial charge in [-0.3, -0.25) is 4.79 Å². The topological polar surface area (TPSA) is 17.1 Å². The first-order chi connectivity index (χ1) is 7.44. The summed E-state index contributed by atoms with van der Waals surface area (Å²) in [6, 6.07) is 0. The molecule has 0 spiro atoms. The van der Waals surface area contributed by atoms with Gasteiger partial charge in [0, 0.05) is 0 Å². The first kappa shape index (κ1) is 11.6. The monoisotopic (exact) mass is 218 g/mol. The predicted molar refractivity (Wildman–Crippen MR) is 67.2 cm³/mol. The van der Waals surface area contributed by atoms with E-state index in [1.807, 2.05) is 0 Å². The number of rotatable bonds is 2. The van der Waals surface area contributed by atoms with E-state index < -0.39 is 0 Å². The lowest BCUT2D eigenvalue weighted by Gasteiger charge is -2.31. The van der Waals surface area contributed by atoms with Gasteiger partial charge in [0.15, 0.2) is 5.78 Å². The molecule has 88 valence electrons. The molecule has 1 nitrogen and oxygen atoms in total. The Balaban J connectivity index is 2.46. The highest BCUT2D eigenvalue weighted by molar-refractivity contribution is 5.94. The van der Waals surface area contributed by atoms with Crippen LogP contribution in [-0.4, -0.2) is 5.78 Å². The Kier molecular flexibility index (Phi) is 2.81. The Labute approximate surface area is 98.6 Å². The molecule has 0 N–H and O–H groups in total. The van der Waals surface area contributed by atoms with Gasteiger partial charge >= 0.3 is 0 Å². The van der Waals surface area contributed by atoms with Crippen LogP contribution in [0.4, 0.5) is 0 Å². The molecular formula is C15H22O. The smallest absolute Gasteiger partial charge is 0.155 e. The minimum Gasteiger partial charge on any atom is -0.295 e. The summed E-state index contributed by atoms with van der Waals surface area (Å²) in [7, 11) is 0. The van der Waals surface area contributed by atoms with Crippen molar-refractivity contribution in [3.05, 3.63) is 22.8 Å². The summed E-state index contributed by atoms with van der Waals surface area (Å²) in [4.78, 5) is 11.5. The van der Waals surface area contributed by atoms with E-state index in [-0.39, 0.29) is 5.78 Å². The predicted octanol–water partition coefficient (Wildman–Crippen LogP) is 4.05. The Morgan fingerprint density at radius 3 is 2.50 bits per heavy atom. The second-order valence-corrected chi connectivity index (χ2v) is 5.88. The SMILES string of the molecule is CC(=O)C1=CC2=C(C(C)C)CC[C@]2(C)CC1. The Morgan fingerprint density at radius 2 is 1.94 bits per heavy atom. The molecule has 0 aromatic carbocycles. The molecule has 0 radical (unpaired) electrons. The van der Waals surface area contributed by atoms with Gasteiger partial charge in [-0.05, 0) is 55.1 Å². The highest BCUT2D eigenvalue weighted by atomic mass is 16.1. The van der Waals surface area contributed by atoms with Crippen LogP contribution in [0.25, 0.3) is 0 Å². The lowest BCUT2D eigenvalue weighted by molar-refractivity contribution is -0.113. The molecular weight excluding hydrogens is 196 g/mol. The van der Waals surface area contributed by atoms with Crippen molar-refractivity contribution in [2.75, 3.05) is 0 Å². The van der Waals surface area contributed by atoms with Gasteiger partial charge in [-0.25, -0.2) is 0 Å². The average molecular weight is 218 g/mol. The van der Waals surface area contributed by atoms with Crippen LogP contribution in [0.2, 0.25) is 0 Å². The largest absolute Gasteiger partial charge is 0.295 e. The third-order valence-electron chi connectivity index (χ3n) is 4.36. The Bertz CT molecular complexity index is 384. The summed E-state index contributed by atoms with van der Waals surface area (Å²) in [6.45, 7) is 8.60. The van der Waals surface area contributed by atoms with E-state index >= 15 is 0 Å². The number of ketones is 1. The summed E-state index contributed by atoms with van der Waals surface area (Å²) in [5, 5.41) is 0. The molecule has 0 saturated heterocycles. The Hall–Kier alpha value is -0.850. The van der Waals surface area contributed by atoms with Crippen molar-refractivity contribution in [2.45, 2.75) is 53.4 Å². The van der Waals surface area contributed by atoms with Crippen LogP contribution in [0.15, 0.2) is 22.8 Å².